The van der Waals surface area contributed by atoms with Gasteiger partial charge >= 0.3 is 0 Å². The largest absolute Gasteiger partial charge is 0.371 e. The number of hydrogen-bond donors (Lipinski definition) is 1. The number of aromatic nitrogens is 4. The summed E-state index contributed by atoms with van der Waals surface area (Å²) in [6.07, 6.45) is 2.83. The SMILES string of the molecule is CCC1OC(n2cnc3c(NC)nc(C#N)nc32)C(C)C1C. The van der Waals surface area contributed by atoms with Crippen molar-refractivity contribution in [3.63, 3.8) is 0 Å². The highest BCUT2D eigenvalue weighted by molar-refractivity contribution is 5.83. The number of anilines is 1. The summed E-state index contributed by atoms with van der Waals surface area (Å²) in [5.41, 5.74) is 1.29. The molecule has 0 aromatic carbocycles. The minimum atomic E-state index is -0.115. The van der Waals surface area contributed by atoms with Crippen molar-refractivity contribution in [3.05, 3.63) is 12.2 Å². The van der Waals surface area contributed by atoms with Crippen LogP contribution in [0, 0.1) is 23.2 Å². The molecule has 1 aliphatic rings. The van der Waals surface area contributed by atoms with E-state index in [9.17, 15) is 0 Å². The van der Waals surface area contributed by atoms with Crippen molar-refractivity contribution in [1.82, 2.24) is 19.5 Å². The van der Waals surface area contributed by atoms with E-state index < -0.39 is 0 Å². The number of imidazole rings is 1. The van der Waals surface area contributed by atoms with Gasteiger partial charge in [0, 0.05) is 13.0 Å². The number of nitrogens with zero attached hydrogens (tertiary/aromatic N) is 5. The minimum absolute atomic E-state index is 0.115. The Balaban J connectivity index is 2.11. The van der Waals surface area contributed by atoms with Crippen LogP contribution >= 0.6 is 0 Å². The molecule has 0 bridgehead atoms. The first-order valence-electron chi connectivity index (χ1n) is 7.58. The molecular formula is C15H20N6O. The Morgan fingerprint density at radius 1 is 1.36 bits per heavy atom. The Hall–Kier alpha value is -2.20. The Kier molecular flexibility index (Phi) is 3.71. The number of nitrogens with one attached hydrogen (secondary N) is 1. The average molecular weight is 300 g/mol. The third-order valence-corrected chi connectivity index (χ3v) is 4.61. The zero-order valence-electron chi connectivity index (χ0n) is 13.2. The zero-order valence-corrected chi connectivity index (χ0v) is 13.2. The molecule has 2 aromatic heterocycles. The van der Waals surface area contributed by atoms with E-state index in [0.29, 0.717) is 28.8 Å². The van der Waals surface area contributed by atoms with Gasteiger partial charge in [-0.1, -0.05) is 20.8 Å². The molecule has 1 saturated heterocycles. The molecule has 116 valence electrons. The lowest BCUT2D eigenvalue weighted by Crippen LogP contribution is -2.16. The van der Waals surface area contributed by atoms with E-state index in [0.717, 1.165) is 6.42 Å². The van der Waals surface area contributed by atoms with E-state index in [1.807, 2.05) is 10.6 Å². The maximum Gasteiger partial charge on any atom is 0.236 e. The van der Waals surface area contributed by atoms with Crippen LogP contribution in [-0.2, 0) is 4.74 Å². The van der Waals surface area contributed by atoms with Gasteiger partial charge in [0.25, 0.3) is 0 Å². The van der Waals surface area contributed by atoms with Crippen LogP contribution in [0.5, 0.6) is 0 Å². The van der Waals surface area contributed by atoms with Crippen LogP contribution in [0.2, 0.25) is 0 Å². The third-order valence-electron chi connectivity index (χ3n) is 4.61. The normalized spacial score (nSPS) is 28.0. The Bertz CT molecular complexity index is 733. The predicted molar refractivity (Wildman–Crippen MR) is 82.1 cm³/mol. The van der Waals surface area contributed by atoms with Crippen LogP contribution in [-0.4, -0.2) is 32.7 Å². The fourth-order valence-corrected chi connectivity index (χ4v) is 3.14. The van der Waals surface area contributed by atoms with Gasteiger partial charge in [-0.25, -0.2) is 4.98 Å². The van der Waals surface area contributed by atoms with Crippen LogP contribution in [0.15, 0.2) is 6.33 Å². The topological polar surface area (TPSA) is 88.6 Å². The standard InChI is InChI=1S/C15H20N6O/c1-5-10-8(2)9(3)15(22-10)21-7-18-12-13(17-4)19-11(6-16)20-14(12)21/h7-10,15H,5H2,1-4H3,(H,17,19,20). The predicted octanol–water partition coefficient (Wildman–Crippen LogP) is 2.32. The second-order valence-corrected chi connectivity index (χ2v) is 5.77. The number of rotatable bonds is 3. The van der Waals surface area contributed by atoms with E-state index in [2.05, 4.69) is 41.0 Å². The summed E-state index contributed by atoms with van der Waals surface area (Å²) in [6.45, 7) is 6.53. The van der Waals surface area contributed by atoms with Gasteiger partial charge in [-0.15, -0.1) is 0 Å². The van der Waals surface area contributed by atoms with Crippen LogP contribution in [0.25, 0.3) is 11.2 Å². The molecule has 0 radical (unpaired) electrons. The van der Waals surface area contributed by atoms with E-state index in [-0.39, 0.29) is 18.2 Å². The summed E-state index contributed by atoms with van der Waals surface area (Å²) in [7, 11) is 1.76. The van der Waals surface area contributed by atoms with Crippen molar-refractivity contribution in [2.45, 2.75) is 39.5 Å². The first kappa shape index (κ1) is 14.7. The molecule has 2 aromatic rings. The summed E-state index contributed by atoms with van der Waals surface area (Å²) < 4.78 is 8.12. The Morgan fingerprint density at radius 2 is 2.14 bits per heavy atom. The number of fused-ring (bicyclic) bond motifs is 1. The molecule has 0 saturated carbocycles. The molecule has 0 amide bonds. The molecule has 4 atom stereocenters. The maximum absolute atomic E-state index is 9.12. The first-order chi connectivity index (χ1) is 10.6. The Morgan fingerprint density at radius 3 is 2.73 bits per heavy atom. The van der Waals surface area contributed by atoms with Crippen LogP contribution in [0.1, 0.15) is 39.2 Å². The monoisotopic (exact) mass is 300 g/mol. The Labute approximate surface area is 129 Å². The lowest BCUT2D eigenvalue weighted by atomic mass is 9.91. The molecular weight excluding hydrogens is 280 g/mol. The smallest absolute Gasteiger partial charge is 0.236 e. The van der Waals surface area contributed by atoms with Gasteiger partial charge < -0.3 is 10.1 Å². The highest BCUT2D eigenvalue weighted by Gasteiger charge is 2.39. The lowest BCUT2D eigenvalue weighted by Gasteiger charge is -2.18. The highest BCUT2D eigenvalue weighted by Crippen LogP contribution is 2.41. The number of hydrogen-bond acceptors (Lipinski definition) is 6. The van der Waals surface area contributed by atoms with Gasteiger partial charge in [0.05, 0.1) is 12.4 Å². The number of ether oxygens (including phenoxy) is 1. The average Bonchev–Trinajstić information content (AvgIpc) is 3.08. The van der Waals surface area contributed by atoms with E-state index >= 15 is 0 Å². The van der Waals surface area contributed by atoms with E-state index in [1.165, 1.54) is 0 Å². The quantitative estimate of drug-likeness (QED) is 0.935. The fraction of sp³-hybridized carbons (Fsp3) is 0.600. The van der Waals surface area contributed by atoms with E-state index in [4.69, 9.17) is 10.00 Å². The summed E-state index contributed by atoms with van der Waals surface area (Å²) in [5, 5.41) is 12.1. The van der Waals surface area contributed by atoms with Crippen LogP contribution < -0.4 is 5.32 Å². The summed E-state index contributed by atoms with van der Waals surface area (Å²) in [6, 6.07) is 2.00. The van der Waals surface area contributed by atoms with Crippen molar-refractivity contribution in [2.24, 2.45) is 11.8 Å². The van der Waals surface area contributed by atoms with Crippen LogP contribution in [0.4, 0.5) is 5.82 Å². The van der Waals surface area contributed by atoms with Crippen molar-refractivity contribution in [2.75, 3.05) is 12.4 Å². The second-order valence-electron chi connectivity index (χ2n) is 5.77. The third kappa shape index (κ3) is 2.11. The van der Waals surface area contributed by atoms with Gasteiger partial charge in [0.1, 0.15) is 12.3 Å². The molecule has 1 aliphatic heterocycles. The van der Waals surface area contributed by atoms with Crippen molar-refractivity contribution >= 4 is 17.0 Å². The number of nitriles is 1. The summed E-state index contributed by atoms with van der Waals surface area (Å²) in [5.74, 6) is 1.50. The second kappa shape index (κ2) is 5.54. The van der Waals surface area contributed by atoms with Gasteiger partial charge in [-0.05, 0) is 12.3 Å². The van der Waals surface area contributed by atoms with Crippen molar-refractivity contribution < 1.29 is 4.74 Å². The summed E-state index contributed by atoms with van der Waals surface area (Å²) in [4.78, 5) is 12.9. The minimum Gasteiger partial charge on any atom is -0.371 e. The molecule has 0 aliphatic carbocycles. The molecule has 1 N–H and O–H groups in total. The molecule has 3 heterocycles. The highest BCUT2D eigenvalue weighted by atomic mass is 16.5. The van der Waals surface area contributed by atoms with Gasteiger partial charge in [0.2, 0.25) is 5.82 Å². The molecule has 4 unspecified atom stereocenters. The fourth-order valence-electron chi connectivity index (χ4n) is 3.14. The molecule has 1 fully saturated rings. The molecule has 3 rings (SSSR count). The molecule has 7 heteroatoms. The maximum atomic E-state index is 9.12. The molecule has 0 spiro atoms. The molecule has 22 heavy (non-hydrogen) atoms. The van der Waals surface area contributed by atoms with Gasteiger partial charge in [-0.2, -0.15) is 15.2 Å². The van der Waals surface area contributed by atoms with Gasteiger partial charge in [0.15, 0.2) is 17.0 Å². The van der Waals surface area contributed by atoms with E-state index in [1.54, 1.807) is 13.4 Å². The lowest BCUT2D eigenvalue weighted by molar-refractivity contribution is -0.0120. The van der Waals surface area contributed by atoms with Crippen LogP contribution in [0.3, 0.4) is 0 Å². The zero-order chi connectivity index (χ0) is 15.9. The summed E-state index contributed by atoms with van der Waals surface area (Å²) >= 11 is 0. The first-order valence-corrected chi connectivity index (χ1v) is 7.58. The van der Waals surface area contributed by atoms with Crippen molar-refractivity contribution in [1.29, 1.82) is 5.26 Å². The molecule has 7 nitrogen and oxygen atoms in total. The van der Waals surface area contributed by atoms with Gasteiger partial charge in [-0.3, -0.25) is 4.57 Å². The van der Waals surface area contributed by atoms with Crippen molar-refractivity contribution in [3.8, 4) is 6.07 Å².